The zero-order chi connectivity index (χ0) is 6.69. The monoisotopic (exact) mass is 142 g/mol. The van der Waals surface area contributed by atoms with Crippen molar-refractivity contribution >= 4 is 17.1 Å². The fraction of sp³-hybridized carbons (Fsp3) is 0.875. The fourth-order valence-corrected chi connectivity index (χ4v) is 1.74. The van der Waals surface area contributed by atoms with Crippen molar-refractivity contribution in [3.63, 3.8) is 0 Å². The summed E-state index contributed by atoms with van der Waals surface area (Å²) in [6.45, 7) is 2.09. The summed E-state index contributed by atoms with van der Waals surface area (Å²) in [7, 11) is 0. The molecule has 1 rings (SSSR count). The zero-order valence-corrected chi connectivity index (χ0v) is 6.84. The molecule has 0 radical (unpaired) electrons. The lowest BCUT2D eigenvalue weighted by atomic mass is 9.87. The van der Waals surface area contributed by atoms with E-state index < -0.39 is 0 Å². The van der Waals surface area contributed by atoms with E-state index >= 15 is 0 Å². The van der Waals surface area contributed by atoms with Crippen molar-refractivity contribution in [1.82, 2.24) is 0 Å². The molecule has 0 aliphatic heterocycles. The maximum absolute atomic E-state index is 5.12. The first-order valence-corrected chi connectivity index (χ1v) is 4.22. The molecule has 1 saturated carbocycles. The largest absolute Gasteiger partial charge is 0.0897 e. The zero-order valence-electron chi connectivity index (χ0n) is 6.02. The quantitative estimate of drug-likeness (QED) is 0.507. The average Bonchev–Trinajstić information content (AvgIpc) is 1.90. The molecule has 0 atom stereocenters. The Labute approximate surface area is 62.6 Å². The van der Waals surface area contributed by atoms with E-state index in [1.807, 2.05) is 0 Å². The third-order valence-electron chi connectivity index (χ3n) is 2.18. The van der Waals surface area contributed by atoms with Gasteiger partial charge in [0, 0.05) is 0 Å². The van der Waals surface area contributed by atoms with Gasteiger partial charge in [0.2, 0.25) is 0 Å². The normalized spacial score (nSPS) is 21.9. The van der Waals surface area contributed by atoms with Crippen molar-refractivity contribution in [2.24, 2.45) is 5.92 Å². The van der Waals surface area contributed by atoms with E-state index in [2.05, 4.69) is 6.92 Å². The van der Waals surface area contributed by atoms with Gasteiger partial charge in [0.1, 0.15) is 0 Å². The highest BCUT2D eigenvalue weighted by Gasteiger charge is 2.13. The maximum Gasteiger partial charge on any atom is -0.00716 e. The molecule has 52 valence electrons. The van der Waals surface area contributed by atoms with Crippen LogP contribution in [-0.2, 0) is 0 Å². The van der Waals surface area contributed by atoms with Crippen LogP contribution < -0.4 is 0 Å². The van der Waals surface area contributed by atoms with Gasteiger partial charge in [-0.1, -0.05) is 31.5 Å². The van der Waals surface area contributed by atoms with Crippen LogP contribution in [0, 0.1) is 5.92 Å². The molecule has 1 heteroatoms. The molecule has 0 heterocycles. The summed E-state index contributed by atoms with van der Waals surface area (Å²) in [6, 6.07) is 0. The highest BCUT2D eigenvalue weighted by molar-refractivity contribution is 7.80. The molecular formula is C8H14S. The second-order valence-corrected chi connectivity index (χ2v) is 3.59. The van der Waals surface area contributed by atoms with Crippen LogP contribution in [-0.4, -0.2) is 4.86 Å². The van der Waals surface area contributed by atoms with Gasteiger partial charge in [-0.25, -0.2) is 0 Å². The molecule has 0 amide bonds. The van der Waals surface area contributed by atoms with Gasteiger partial charge in [-0.3, -0.25) is 0 Å². The van der Waals surface area contributed by atoms with Gasteiger partial charge in [0.15, 0.2) is 0 Å². The number of rotatable bonds is 1. The Morgan fingerprint density at radius 1 is 1.22 bits per heavy atom. The molecule has 1 fully saturated rings. The number of thiocarbonyl (C=S) groups is 1. The predicted molar refractivity (Wildman–Crippen MR) is 44.8 cm³/mol. The summed E-state index contributed by atoms with van der Waals surface area (Å²) < 4.78 is 0. The van der Waals surface area contributed by atoms with Crippen LogP contribution in [0.3, 0.4) is 0 Å². The molecular weight excluding hydrogens is 128 g/mol. The summed E-state index contributed by atoms with van der Waals surface area (Å²) in [5, 5.41) is 0. The number of hydrogen-bond donors (Lipinski definition) is 0. The van der Waals surface area contributed by atoms with Gasteiger partial charge >= 0.3 is 0 Å². The molecule has 0 aromatic rings. The van der Waals surface area contributed by atoms with E-state index in [-0.39, 0.29) is 0 Å². The van der Waals surface area contributed by atoms with Gasteiger partial charge in [0.05, 0.1) is 0 Å². The van der Waals surface area contributed by atoms with Gasteiger partial charge in [0.25, 0.3) is 0 Å². The fourth-order valence-electron chi connectivity index (χ4n) is 1.51. The van der Waals surface area contributed by atoms with Crippen LogP contribution in [0.5, 0.6) is 0 Å². The SMILES string of the molecule is CC(=S)C1CCCCC1. The summed E-state index contributed by atoms with van der Waals surface area (Å²) in [4.78, 5) is 1.23. The Balaban J connectivity index is 2.31. The van der Waals surface area contributed by atoms with Crippen LogP contribution >= 0.6 is 12.2 Å². The molecule has 0 aromatic heterocycles. The average molecular weight is 142 g/mol. The lowest BCUT2D eigenvalue weighted by Crippen LogP contribution is -2.12. The molecule has 1 aliphatic rings. The van der Waals surface area contributed by atoms with E-state index in [4.69, 9.17) is 12.2 Å². The van der Waals surface area contributed by atoms with Gasteiger partial charge in [-0.15, -0.1) is 0 Å². The minimum atomic E-state index is 0.786. The Morgan fingerprint density at radius 3 is 2.11 bits per heavy atom. The van der Waals surface area contributed by atoms with E-state index in [0.717, 1.165) is 5.92 Å². The lowest BCUT2D eigenvalue weighted by Gasteiger charge is -2.19. The van der Waals surface area contributed by atoms with Gasteiger partial charge in [-0.2, -0.15) is 0 Å². The van der Waals surface area contributed by atoms with Crippen molar-refractivity contribution in [3.8, 4) is 0 Å². The Kier molecular flexibility index (Phi) is 2.65. The second kappa shape index (κ2) is 3.31. The Bertz CT molecular complexity index is 101. The topological polar surface area (TPSA) is 0 Å². The van der Waals surface area contributed by atoms with Crippen LogP contribution in [0.1, 0.15) is 39.0 Å². The summed E-state index contributed by atoms with van der Waals surface area (Å²) in [6.07, 6.45) is 6.95. The maximum atomic E-state index is 5.12. The standard InChI is InChI=1S/C8H14S/c1-7(9)8-5-3-2-4-6-8/h8H,2-6H2,1H3. The van der Waals surface area contributed by atoms with Gasteiger partial charge in [-0.05, 0) is 30.5 Å². The summed E-state index contributed by atoms with van der Waals surface area (Å²) >= 11 is 5.12. The van der Waals surface area contributed by atoms with Crippen LogP contribution in [0.2, 0.25) is 0 Å². The first kappa shape index (κ1) is 7.20. The molecule has 0 aromatic carbocycles. The molecule has 0 spiro atoms. The van der Waals surface area contributed by atoms with E-state index in [1.165, 1.54) is 37.0 Å². The number of hydrogen-bond acceptors (Lipinski definition) is 1. The van der Waals surface area contributed by atoms with Crippen molar-refractivity contribution in [2.75, 3.05) is 0 Å². The molecule has 9 heavy (non-hydrogen) atoms. The predicted octanol–water partition coefficient (Wildman–Crippen LogP) is 2.96. The second-order valence-electron chi connectivity index (χ2n) is 2.95. The third-order valence-corrected chi connectivity index (χ3v) is 2.51. The smallest absolute Gasteiger partial charge is 0.00716 e. The summed E-state index contributed by atoms with van der Waals surface area (Å²) in [5.41, 5.74) is 0. The van der Waals surface area contributed by atoms with Crippen molar-refractivity contribution in [3.05, 3.63) is 0 Å². The lowest BCUT2D eigenvalue weighted by molar-refractivity contribution is 0.442. The Hall–Kier alpha value is 0.0900. The molecule has 0 nitrogen and oxygen atoms in total. The van der Waals surface area contributed by atoms with E-state index in [0.29, 0.717) is 0 Å². The third kappa shape index (κ3) is 2.05. The van der Waals surface area contributed by atoms with Crippen molar-refractivity contribution < 1.29 is 0 Å². The minimum absolute atomic E-state index is 0.786. The molecule has 1 aliphatic carbocycles. The van der Waals surface area contributed by atoms with Crippen LogP contribution in [0.4, 0.5) is 0 Å². The Morgan fingerprint density at radius 2 is 1.78 bits per heavy atom. The molecule has 0 bridgehead atoms. The highest BCUT2D eigenvalue weighted by atomic mass is 32.1. The van der Waals surface area contributed by atoms with E-state index in [1.54, 1.807) is 0 Å². The highest BCUT2D eigenvalue weighted by Crippen LogP contribution is 2.24. The van der Waals surface area contributed by atoms with Crippen molar-refractivity contribution in [1.29, 1.82) is 0 Å². The van der Waals surface area contributed by atoms with Crippen LogP contribution in [0.15, 0.2) is 0 Å². The molecule has 0 N–H and O–H groups in total. The summed E-state index contributed by atoms with van der Waals surface area (Å²) in [5.74, 6) is 0.786. The first-order valence-electron chi connectivity index (χ1n) is 3.81. The van der Waals surface area contributed by atoms with Crippen molar-refractivity contribution in [2.45, 2.75) is 39.0 Å². The first-order chi connectivity index (χ1) is 4.30. The van der Waals surface area contributed by atoms with Crippen LogP contribution in [0.25, 0.3) is 0 Å². The minimum Gasteiger partial charge on any atom is -0.0897 e. The van der Waals surface area contributed by atoms with Gasteiger partial charge < -0.3 is 0 Å². The van der Waals surface area contributed by atoms with E-state index in [9.17, 15) is 0 Å². The molecule has 0 unspecified atom stereocenters. The molecule has 0 saturated heterocycles.